The molecular formula is C13H14BrNOS. The lowest BCUT2D eigenvalue weighted by Crippen LogP contribution is -2.20. The zero-order chi connectivity index (χ0) is 12.1. The molecule has 1 aromatic heterocycles. The molecule has 0 aliphatic rings. The van der Waals surface area contributed by atoms with E-state index in [1.165, 1.54) is 5.56 Å². The van der Waals surface area contributed by atoms with Crippen molar-refractivity contribution >= 4 is 27.3 Å². The minimum atomic E-state index is -0.420. The fourth-order valence-corrected chi connectivity index (χ4v) is 2.51. The highest BCUT2D eigenvalue weighted by atomic mass is 79.9. The molecule has 0 spiro atoms. The van der Waals surface area contributed by atoms with Gasteiger partial charge in [-0.05, 0) is 40.1 Å². The molecule has 4 heteroatoms. The van der Waals surface area contributed by atoms with Gasteiger partial charge in [-0.15, -0.1) is 0 Å². The predicted molar refractivity (Wildman–Crippen MR) is 75.1 cm³/mol. The maximum Gasteiger partial charge on any atom is 0.0922 e. The molecule has 0 amide bonds. The fraction of sp³-hybridized carbons (Fsp3) is 0.231. The van der Waals surface area contributed by atoms with Crippen molar-refractivity contribution in [3.8, 4) is 0 Å². The van der Waals surface area contributed by atoms with Crippen molar-refractivity contribution in [3.63, 3.8) is 0 Å². The van der Waals surface area contributed by atoms with E-state index in [1.807, 2.05) is 29.0 Å². The molecule has 1 aromatic carbocycles. The Morgan fingerprint density at radius 2 is 2.00 bits per heavy atom. The first kappa shape index (κ1) is 12.8. The highest BCUT2D eigenvalue weighted by molar-refractivity contribution is 9.10. The molecule has 2 N–H and O–H groups in total. The van der Waals surface area contributed by atoms with Gasteiger partial charge in [0.2, 0.25) is 0 Å². The van der Waals surface area contributed by atoms with Crippen molar-refractivity contribution in [1.82, 2.24) is 5.32 Å². The number of thiophene rings is 1. The SMILES string of the molecule is OC(CNCc1ccc(Br)cc1)c1ccsc1. The van der Waals surface area contributed by atoms with Crippen molar-refractivity contribution in [2.24, 2.45) is 0 Å². The number of rotatable bonds is 5. The molecule has 0 saturated heterocycles. The molecule has 0 aliphatic heterocycles. The Hall–Kier alpha value is -0.680. The largest absolute Gasteiger partial charge is 0.387 e. The van der Waals surface area contributed by atoms with E-state index in [0.29, 0.717) is 6.54 Å². The smallest absolute Gasteiger partial charge is 0.0922 e. The van der Waals surface area contributed by atoms with Gasteiger partial charge in [-0.1, -0.05) is 28.1 Å². The maximum atomic E-state index is 9.87. The van der Waals surface area contributed by atoms with Gasteiger partial charge in [0.15, 0.2) is 0 Å². The third-order valence-corrected chi connectivity index (χ3v) is 3.74. The summed E-state index contributed by atoms with van der Waals surface area (Å²) in [5, 5.41) is 17.1. The van der Waals surface area contributed by atoms with E-state index >= 15 is 0 Å². The zero-order valence-electron chi connectivity index (χ0n) is 9.27. The molecule has 1 heterocycles. The molecule has 0 bridgehead atoms. The van der Waals surface area contributed by atoms with Gasteiger partial charge in [0, 0.05) is 17.6 Å². The third kappa shape index (κ3) is 3.92. The highest BCUT2D eigenvalue weighted by Crippen LogP contribution is 2.15. The molecular weight excluding hydrogens is 298 g/mol. The van der Waals surface area contributed by atoms with Crippen molar-refractivity contribution in [3.05, 3.63) is 56.7 Å². The summed E-state index contributed by atoms with van der Waals surface area (Å²) in [6.45, 7) is 1.35. The van der Waals surface area contributed by atoms with Crippen molar-refractivity contribution in [2.75, 3.05) is 6.54 Å². The van der Waals surface area contributed by atoms with Crippen LogP contribution in [0.1, 0.15) is 17.2 Å². The Bertz CT molecular complexity index is 441. The van der Waals surface area contributed by atoms with E-state index < -0.39 is 6.10 Å². The van der Waals surface area contributed by atoms with Crippen LogP contribution in [0.25, 0.3) is 0 Å². The number of hydrogen-bond donors (Lipinski definition) is 2. The van der Waals surface area contributed by atoms with Crippen LogP contribution >= 0.6 is 27.3 Å². The fourth-order valence-electron chi connectivity index (χ4n) is 1.54. The summed E-state index contributed by atoms with van der Waals surface area (Å²) in [7, 11) is 0. The van der Waals surface area contributed by atoms with Gasteiger partial charge in [-0.3, -0.25) is 0 Å². The lowest BCUT2D eigenvalue weighted by atomic mass is 10.2. The Morgan fingerprint density at radius 3 is 2.65 bits per heavy atom. The molecule has 2 rings (SSSR count). The first-order valence-corrected chi connectivity index (χ1v) is 7.14. The summed E-state index contributed by atoms with van der Waals surface area (Å²) in [5.41, 5.74) is 2.20. The average molecular weight is 312 g/mol. The zero-order valence-corrected chi connectivity index (χ0v) is 11.7. The lowest BCUT2D eigenvalue weighted by Gasteiger charge is -2.10. The molecule has 0 fully saturated rings. The molecule has 2 nitrogen and oxygen atoms in total. The van der Waals surface area contributed by atoms with Gasteiger partial charge >= 0.3 is 0 Å². The molecule has 0 radical (unpaired) electrons. The van der Waals surface area contributed by atoms with Gasteiger partial charge in [-0.2, -0.15) is 11.3 Å². The van der Waals surface area contributed by atoms with Crippen LogP contribution in [0.15, 0.2) is 45.6 Å². The van der Waals surface area contributed by atoms with Crippen LogP contribution in [0.3, 0.4) is 0 Å². The van der Waals surface area contributed by atoms with Crippen LogP contribution in [-0.2, 0) is 6.54 Å². The van der Waals surface area contributed by atoms with E-state index in [9.17, 15) is 5.11 Å². The van der Waals surface area contributed by atoms with E-state index in [4.69, 9.17) is 0 Å². The lowest BCUT2D eigenvalue weighted by molar-refractivity contribution is 0.175. The van der Waals surface area contributed by atoms with Crippen LogP contribution in [0.2, 0.25) is 0 Å². The Kier molecular flexibility index (Phi) is 4.74. The van der Waals surface area contributed by atoms with Crippen LogP contribution in [0.5, 0.6) is 0 Å². The van der Waals surface area contributed by atoms with Gasteiger partial charge < -0.3 is 10.4 Å². The quantitative estimate of drug-likeness (QED) is 0.887. The monoisotopic (exact) mass is 311 g/mol. The molecule has 90 valence electrons. The van der Waals surface area contributed by atoms with E-state index in [2.05, 4.69) is 33.4 Å². The second-order valence-corrected chi connectivity index (χ2v) is 5.53. The Labute approximate surface area is 113 Å². The van der Waals surface area contributed by atoms with E-state index in [1.54, 1.807) is 11.3 Å². The van der Waals surface area contributed by atoms with Crippen molar-refractivity contribution in [2.45, 2.75) is 12.6 Å². The summed E-state index contributed by atoms with van der Waals surface area (Å²) in [6, 6.07) is 10.1. The Morgan fingerprint density at radius 1 is 1.24 bits per heavy atom. The normalized spacial score (nSPS) is 12.6. The van der Waals surface area contributed by atoms with Crippen LogP contribution in [-0.4, -0.2) is 11.7 Å². The molecule has 0 saturated carbocycles. The minimum Gasteiger partial charge on any atom is -0.387 e. The topological polar surface area (TPSA) is 32.3 Å². The maximum absolute atomic E-state index is 9.87. The van der Waals surface area contributed by atoms with Crippen LogP contribution in [0.4, 0.5) is 0 Å². The van der Waals surface area contributed by atoms with Crippen LogP contribution in [0, 0.1) is 0 Å². The molecule has 0 aliphatic carbocycles. The summed E-state index contributed by atoms with van der Waals surface area (Å²) in [6.07, 6.45) is -0.420. The van der Waals surface area contributed by atoms with Gasteiger partial charge in [-0.25, -0.2) is 0 Å². The second kappa shape index (κ2) is 6.31. The van der Waals surface area contributed by atoms with Crippen molar-refractivity contribution in [1.29, 1.82) is 0 Å². The minimum absolute atomic E-state index is 0.420. The number of benzene rings is 1. The molecule has 1 atom stereocenters. The first-order valence-electron chi connectivity index (χ1n) is 5.41. The number of halogens is 1. The van der Waals surface area contributed by atoms with Crippen LogP contribution < -0.4 is 5.32 Å². The summed E-state index contributed by atoms with van der Waals surface area (Å²) >= 11 is 5.01. The van der Waals surface area contributed by atoms with Gasteiger partial charge in [0.05, 0.1) is 6.10 Å². The van der Waals surface area contributed by atoms with Gasteiger partial charge in [0.25, 0.3) is 0 Å². The number of nitrogens with one attached hydrogen (secondary N) is 1. The molecule has 1 unspecified atom stereocenters. The summed E-state index contributed by atoms with van der Waals surface area (Å²) in [4.78, 5) is 0. The Balaban J connectivity index is 1.78. The predicted octanol–water partition coefficient (Wildman–Crippen LogP) is 3.33. The average Bonchev–Trinajstić information content (AvgIpc) is 2.85. The number of aliphatic hydroxyl groups is 1. The third-order valence-electron chi connectivity index (χ3n) is 2.51. The van der Waals surface area contributed by atoms with Gasteiger partial charge in [0.1, 0.15) is 0 Å². The highest BCUT2D eigenvalue weighted by Gasteiger charge is 2.06. The summed E-state index contributed by atoms with van der Waals surface area (Å²) in [5.74, 6) is 0. The van der Waals surface area contributed by atoms with E-state index in [0.717, 1.165) is 16.6 Å². The second-order valence-electron chi connectivity index (χ2n) is 3.83. The molecule has 2 aromatic rings. The van der Waals surface area contributed by atoms with Crippen molar-refractivity contribution < 1.29 is 5.11 Å². The number of hydrogen-bond acceptors (Lipinski definition) is 3. The molecule has 17 heavy (non-hydrogen) atoms. The standard InChI is InChI=1S/C13H14BrNOS/c14-12-3-1-10(2-4-12)7-15-8-13(16)11-5-6-17-9-11/h1-6,9,13,15-16H,7-8H2. The number of aliphatic hydroxyl groups excluding tert-OH is 1. The van der Waals surface area contributed by atoms with E-state index in [-0.39, 0.29) is 0 Å². The summed E-state index contributed by atoms with van der Waals surface area (Å²) < 4.78 is 1.08. The first-order chi connectivity index (χ1) is 8.25.